The molecule has 84 valence electrons. The molecule has 0 spiro atoms. The lowest BCUT2D eigenvalue weighted by Gasteiger charge is -2.22. The molecule has 2 aromatic rings. The molecule has 2 heterocycles. The molecule has 0 radical (unpaired) electrons. The summed E-state index contributed by atoms with van der Waals surface area (Å²) in [6.45, 7) is 4.10. The summed E-state index contributed by atoms with van der Waals surface area (Å²) in [4.78, 5) is 0. The van der Waals surface area contributed by atoms with E-state index in [-0.39, 0.29) is 0 Å². The van der Waals surface area contributed by atoms with E-state index in [1.165, 1.54) is 0 Å². The molecule has 2 rings (SSSR count). The van der Waals surface area contributed by atoms with Crippen LogP contribution in [0.15, 0.2) is 24.3 Å². The van der Waals surface area contributed by atoms with Gasteiger partial charge in [-0.3, -0.25) is 9.69 Å². The van der Waals surface area contributed by atoms with E-state index < -0.39 is 0 Å². The van der Waals surface area contributed by atoms with Crippen molar-refractivity contribution in [2.24, 2.45) is 0 Å². The van der Waals surface area contributed by atoms with Crippen molar-refractivity contribution < 1.29 is 0 Å². The Morgan fingerprint density at radius 1 is 1.06 bits per heavy atom. The molecule has 0 amide bonds. The van der Waals surface area contributed by atoms with Crippen LogP contribution in [0.2, 0.25) is 5.15 Å². The van der Waals surface area contributed by atoms with E-state index in [0.29, 0.717) is 5.15 Å². The van der Waals surface area contributed by atoms with Gasteiger partial charge in [0.25, 0.3) is 0 Å². The van der Waals surface area contributed by atoms with Crippen molar-refractivity contribution in [3.05, 3.63) is 40.8 Å². The molecule has 0 aliphatic heterocycles. The molecule has 16 heavy (non-hydrogen) atoms. The Labute approximate surface area is 99.4 Å². The monoisotopic (exact) mass is 236 g/mol. The summed E-state index contributed by atoms with van der Waals surface area (Å²) < 4.78 is 2.07. The molecule has 0 atom stereocenters. The number of hydrogen-bond donors (Lipinski definition) is 0. The standard InChI is InChI=1S/C11H13ClN4/c1-8-4-5-9(2)16(8)15(3)11-7-6-10(12)13-14-11/h4-7H,1-3H3. The first kappa shape index (κ1) is 11.0. The summed E-state index contributed by atoms with van der Waals surface area (Å²) in [6.07, 6.45) is 0. The van der Waals surface area contributed by atoms with Gasteiger partial charge in [-0.05, 0) is 38.1 Å². The van der Waals surface area contributed by atoms with E-state index in [4.69, 9.17) is 11.6 Å². The van der Waals surface area contributed by atoms with E-state index in [1.807, 2.05) is 32.0 Å². The maximum absolute atomic E-state index is 5.70. The summed E-state index contributed by atoms with van der Waals surface area (Å²) in [5.41, 5.74) is 2.30. The van der Waals surface area contributed by atoms with E-state index in [2.05, 4.69) is 27.0 Å². The SMILES string of the molecule is Cc1ccc(C)n1N(C)c1ccc(Cl)nn1. The van der Waals surface area contributed by atoms with Crippen molar-refractivity contribution in [2.45, 2.75) is 13.8 Å². The van der Waals surface area contributed by atoms with Gasteiger partial charge in [-0.15, -0.1) is 10.2 Å². The lowest BCUT2D eigenvalue weighted by molar-refractivity contribution is 0.710. The summed E-state index contributed by atoms with van der Waals surface area (Å²) in [5, 5.41) is 10.2. The fourth-order valence-electron chi connectivity index (χ4n) is 1.72. The number of nitrogens with zero attached hydrogens (tertiary/aromatic N) is 4. The van der Waals surface area contributed by atoms with Crippen molar-refractivity contribution in [3.8, 4) is 0 Å². The van der Waals surface area contributed by atoms with Gasteiger partial charge in [0.05, 0.1) is 0 Å². The highest BCUT2D eigenvalue weighted by molar-refractivity contribution is 6.29. The third-order valence-electron chi connectivity index (χ3n) is 2.48. The summed E-state index contributed by atoms with van der Waals surface area (Å²) in [7, 11) is 1.94. The molecule has 0 saturated heterocycles. The number of hydrogen-bond acceptors (Lipinski definition) is 3. The first-order chi connectivity index (χ1) is 7.59. The van der Waals surface area contributed by atoms with Gasteiger partial charge in [0.1, 0.15) is 0 Å². The lowest BCUT2D eigenvalue weighted by Crippen LogP contribution is -2.27. The molecular weight excluding hydrogens is 224 g/mol. The highest BCUT2D eigenvalue weighted by atomic mass is 35.5. The molecular formula is C11H13ClN4. The molecule has 0 aliphatic rings. The predicted molar refractivity (Wildman–Crippen MR) is 64.7 cm³/mol. The highest BCUT2D eigenvalue weighted by Crippen LogP contribution is 2.15. The Bertz CT molecular complexity index is 470. The van der Waals surface area contributed by atoms with E-state index in [1.54, 1.807) is 6.07 Å². The van der Waals surface area contributed by atoms with Crippen LogP contribution in [0.25, 0.3) is 0 Å². The van der Waals surface area contributed by atoms with Crippen LogP contribution in [0.5, 0.6) is 0 Å². The summed E-state index contributed by atoms with van der Waals surface area (Å²) >= 11 is 5.70. The zero-order valence-electron chi connectivity index (χ0n) is 9.48. The van der Waals surface area contributed by atoms with Gasteiger partial charge in [0, 0.05) is 18.4 Å². The maximum Gasteiger partial charge on any atom is 0.170 e. The third-order valence-corrected chi connectivity index (χ3v) is 2.68. The summed E-state index contributed by atoms with van der Waals surface area (Å²) in [5.74, 6) is 0.756. The second-order valence-electron chi connectivity index (χ2n) is 3.67. The summed E-state index contributed by atoms with van der Waals surface area (Å²) in [6, 6.07) is 7.70. The van der Waals surface area contributed by atoms with Crippen LogP contribution in [-0.2, 0) is 0 Å². The number of aromatic nitrogens is 3. The van der Waals surface area contributed by atoms with Crippen molar-refractivity contribution in [1.82, 2.24) is 14.9 Å². The van der Waals surface area contributed by atoms with Crippen LogP contribution >= 0.6 is 11.6 Å². The number of rotatable bonds is 2. The van der Waals surface area contributed by atoms with Crippen molar-refractivity contribution in [1.29, 1.82) is 0 Å². The smallest absolute Gasteiger partial charge is 0.170 e. The van der Waals surface area contributed by atoms with Crippen molar-refractivity contribution in [2.75, 3.05) is 12.1 Å². The van der Waals surface area contributed by atoms with Crippen LogP contribution in [0.3, 0.4) is 0 Å². The maximum atomic E-state index is 5.70. The molecule has 0 N–H and O–H groups in total. The normalized spacial score (nSPS) is 10.5. The van der Waals surface area contributed by atoms with Gasteiger partial charge in [0.2, 0.25) is 0 Å². The zero-order chi connectivity index (χ0) is 11.7. The van der Waals surface area contributed by atoms with Gasteiger partial charge < -0.3 is 0 Å². The minimum atomic E-state index is 0.401. The Morgan fingerprint density at radius 3 is 2.19 bits per heavy atom. The van der Waals surface area contributed by atoms with Crippen molar-refractivity contribution in [3.63, 3.8) is 0 Å². The first-order valence-corrected chi connectivity index (χ1v) is 5.35. The Hall–Kier alpha value is -1.55. The predicted octanol–water partition coefficient (Wildman–Crippen LogP) is 2.45. The Kier molecular flexibility index (Phi) is 2.83. The molecule has 0 aliphatic carbocycles. The topological polar surface area (TPSA) is 34.0 Å². The molecule has 2 aromatic heterocycles. The largest absolute Gasteiger partial charge is 0.266 e. The molecule has 0 aromatic carbocycles. The fraction of sp³-hybridized carbons (Fsp3) is 0.273. The zero-order valence-corrected chi connectivity index (χ0v) is 10.2. The quantitative estimate of drug-likeness (QED) is 0.803. The van der Waals surface area contributed by atoms with Crippen molar-refractivity contribution >= 4 is 17.4 Å². The van der Waals surface area contributed by atoms with Gasteiger partial charge in [-0.1, -0.05) is 11.6 Å². The number of anilines is 1. The number of aryl methyl sites for hydroxylation is 2. The molecule has 0 unspecified atom stereocenters. The number of halogens is 1. The Balaban J connectivity index is 2.39. The Morgan fingerprint density at radius 2 is 1.69 bits per heavy atom. The van der Waals surface area contributed by atoms with Crippen LogP contribution in [0, 0.1) is 13.8 Å². The average Bonchev–Trinajstić information content (AvgIpc) is 2.59. The minimum Gasteiger partial charge on any atom is -0.266 e. The van der Waals surface area contributed by atoms with Gasteiger partial charge in [-0.25, -0.2) is 0 Å². The highest BCUT2D eigenvalue weighted by Gasteiger charge is 2.09. The second kappa shape index (κ2) is 4.14. The van der Waals surface area contributed by atoms with E-state index in [9.17, 15) is 0 Å². The molecule has 5 heteroatoms. The van der Waals surface area contributed by atoms with Gasteiger partial charge in [0.15, 0.2) is 11.0 Å². The second-order valence-corrected chi connectivity index (χ2v) is 4.05. The molecule has 0 fully saturated rings. The minimum absolute atomic E-state index is 0.401. The average molecular weight is 237 g/mol. The van der Waals surface area contributed by atoms with Crippen LogP contribution in [0.1, 0.15) is 11.4 Å². The molecule has 0 saturated carbocycles. The van der Waals surface area contributed by atoms with Crippen LogP contribution in [0.4, 0.5) is 5.82 Å². The van der Waals surface area contributed by atoms with Gasteiger partial charge in [-0.2, -0.15) is 0 Å². The third kappa shape index (κ3) is 1.88. The van der Waals surface area contributed by atoms with E-state index in [0.717, 1.165) is 17.2 Å². The molecule has 0 bridgehead atoms. The van der Waals surface area contributed by atoms with Crippen LogP contribution in [-0.4, -0.2) is 21.9 Å². The molecule has 4 nitrogen and oxygen atoms in total. The van der Waals surface area contributed by atoms with E-state index >= 15 is 0 Å². The fourth-order valence-corrected chi connectivity index (χ4v) is 1.82. The first-order valence-electron chi connectivity index (χ1n) is 4.98. The van der Waals surface area contributed by atoms with Gasteiger partial charge >= 0.3 is 0 Å². The van der Waals surface area contributed by atoms with Crippen LogP contribution < -0.4 is 5.01 Å². The lowest BCUT2D eigenvalue weighted by atomic mass is 10.5.